The first-order valence-corrected chi connectivity index (χ1v) is 7.06. The fourth-order valence-corrected chi connectivity index (χ4v) is 2.68. The smallest absolute Gasteiger partial charge is 0.340 e. The van der Waals surface area contributed by atoms with Crippen molar-refractivity contribution in [1.29, 1.82) is 0 Å². The molecule has 0 spiro atoms. The Balaban J connectivity index is 2.56. The van der Waals surface area contributed by atoms with Gasteiger partial charge in [0.05, 0.1) is 12.2 Å². The molecular weight excluding hydrogens is 272 g/mol. The molecule has 0 radical (unpaired) electrons. The third kappa shape index (κ3) is 2.89. The van der Waals surface area contributed by atoms with Crippen LogP contribution in [0.2, 0.25) is 0 Å². The van der Waals surface area contributed by atoms with E-state index in [0.29, 0.717) is 11.3 Å². The predicted octanol–water partition coefficient (Wildman–Crippen LogP) is 2.31. The molecule has 3 unspecified atom stereocenters. The third-order valence-corrected chi connectivity index (χ3v) is 3.79. The van der Waals surface area contributed by atoms with Crippen molar-refractivity contribution in [3.63, 3.8) is 0 Å². The Labute approximate surface area is 124 Å². The van der Waals surface area contributed by atoms with Crippen LogP contribution in [0.1, 0.15) is 39.7 Å². The highest BCUT2D eigenvalue weighted by atomic mass is 16.6. The summed E-state index contributed by atoms with van der Waals surface area (Å²) in [6.07, 6.45) is -1.20. The largest absolute Gasteiger partial charge is 0.487 e. The van der Waals surface area contributed by atoms with Gasteiger partial charge in [-0.05, 0) is 33.8 Å². The Hall–Kier alpha value is -1.59. The van der Waals surface area contributed by atoms with Gasteiger partial charge in [0.25, 0.3) is 0 Å². The van der Waals surface area contributed by atoms with Crippen LogP contribution in [0.15, 0.2) is 24.3 Å². The number of carboxylic acid groups (broad SMARTS) is 1. The zero-order valence-corrected chi connectivity index (χ0v) is 12.8. The first kappa shape index (κ1) is 15.8. The Morgan fingerprint density at radius 2 is 1.95 bits per heavy atom. The molecule has 116 valence electrons. The lowest BCUT2D eigenvalue weighted by atomic mass is 9.80. The number of fused-ring (bicyclic) bond motifs is 1. The Morgan fingerprint density at radius 3 is 2.52 bits per heavy atom. The topological polar surface area (TPSA) is 76.0 Å². The van der Waals surface area contributed by atoms with E-state index in [0.717, 1.165) is 0 Å². The average molecular weight is 294 g/mol. The van der Waals surface area contributed by atoms with Crippen molar-refractivity contribution in [3.05, 3.63) is 29.8 Å². The number of benzene rings is 1. The summed E-state index contributed by atoms with van der Waals surface area (Å²) in [7, 11) is 0. The van der Waals surface area contributed by atoms with Crippen molar-refractivity contribution in [2.45, 2.75) is 57.5 Å². The first-order chi connectivity index (χ1) is 9.68. The van der Waals surface area contributed by atoms with Crippen LogP contribution in [0.3, 0.4) is 0 Å². The minimum absolute atomic E-state index is 0.170. The zero-order chi connectivity index (χ0) is 15.8. The number of aliphatic hydroxyl groups is 1. The molecule has 0 bridgehead atoms. The van der Waals surface area contributed by atoms with Gasteiger partial charge in [-0.15, -0.1) is 0 Å². The van der Waals surface area contributed by atoms with Crippen LogP contribution >= 0.6 is 0 Å². The second-order valence-corrected chi connectivity index (χ2v) is 6.23. The molecule has 0 saturated carbocycles. The van der Waals surface area contributed by atoms with Gasteiger partial charge >= 0.3 is 5.97 Å². The van der Waals surface area contributed by atoms with E-state index in [4.69, 9.17) is 9.47 Å². The van der Waals surface area contributed by atoms with E-state index in [-0.39, 0.29) is 6.42 Å². The van der Waals surface area contributed by atoms with Crippen molar-refractivity contribution < 1.29 is 24.5 Å². The van der Waals surface area contributed by atoms with E-state index < -0.39 is 29.4 Å². The van der Waals surface area contributed by atoms with E-state index in [1.165, 1.54) is 0 Å². The van der Waals surface area contributed by atoms with Crippen LogP contribution in [-0.2, 0) is 15.1 Å². The van der Waals surface area contributed by atoms with Gasteiger partial charge in [-0.1, -0.05) is 18.2 Å². The summed E-state index contributed by atoms with van der Waals surface area (Å²) < 4.78 is 11.7. The summed E-state index contributed by atoms with van der Waals surface area (Å²) >= 11 is 0. The number of carboxylic acids is 1. The van der Waals surface area contributed by atoms with E-state index in [2.05, 4.69) is 0 Å². The number of carbonyl (C=O) groups is 1. The van der Waals surface area contributed by atoms with Gasteiger partial charge < -0.3 is 19.7 Å². The highest BCUT2D eigenvalue weighted by Gasteiger charge is 2.53. The van der Waals surface area contributed by atoms with Crippen molar-refractivity contribution in [3.8, 4) is 5.75 Å². The summed E-state index contributed by atoms with van der Waals surface area (Å²) in [5.74, 6) is -0.562. The molecule has 2 N–H and O–H groups in total. The molecule has 0 saturated heterocycles. The monoisotopic (exact) mass is 294 g/mol. The predicted molar refractivity (Wildman–Crippen MR) is 77.3 cm³/mol. The SMILES string of the molecule is CC(O)C(C)OC1(C(=O)O)CC(C)(C)Oc2ccccc21. The summed E-state index contributed by atoms with van der Waals surface area (Å²) in [6, 6.07) is 7.00. The van der Waals surface area contributed by atoms with Crippen LogP contribution in [0.5, 0.6) is 5.75 Å². The summed E-state index contributed by atoms with van der Waals surface area (Å²) in [5.41, 5.74) is -1.70. The maximum absolute atomic E-state index is 12.0. The summed E-state index contributed by atoms with van der Waals surface area (Å²) in [6.45, 7) is 6.91. The highest BCUT2D eigenvalue weighted by molar-refractivity contribution is 5.81. The lowest BCUT2D eigenvalue weighted by Crippen LogP contribution is -2.52. The van der Waals surface area contributed by atoms with Crippen molar-refractivity contribution in [2.75, 3.05) is 0 Å². The molecule has 0 fully saturated rings. The molecule has 3 atom stereocenters. The molecule has 1 aliphatic rings. The highest BCUT2D eigenvalue weighted by Crippen LogP contribution is 2.46. The van der Waals surface area contributed by atoms with Crippen LogP contribution < -0.4 is 4.74 Å². The molecule has 1 aromatic carbocycles. The molecule has 21 heavy (non-hydrogen) atoms. The Bertz CT molecular complexity index is 537. The number of rotatable bonds is 4. The van der Waals surface area contributed by atoms with E-state index >= 15 is 0 Å². The molecule has 1 aromatic rings. The van der Waals surface area contributed by atoms with Crippen LogP contribution in [-0.4, -0.2) is 34.0 Å². The van der Waals surface area contributed by atoms with E-state index in [1.54, 1.807) is 38.1 Å². The normalized spacial score (nSPS) is 26.3. The van der Waals surface area contributed by atoms with Crippen molar-refractivity contribution in [1.82, 2.24) is 0 Å². The number of hydrogen-bond donors (Lipinski definition) is 2. The standard InChI is InChI=1S/C16H22O5/c1-10(17)11(2)20-16(14(18)19)9-15(3,4)21-13-8-6-5-7-12(13)16/h5-8,10-11,17H,9H2,1-4H3,(H,18,19). The molecule has 0 amide bonds. The number of aliphatic hydroxyl groups excluding tert-OH is 1. The molecular formula is C16H22O5. The van der Waals surface area contributed by atoms with Crippen LogP contribution in [0, 0.1) is 0 Å². The Morgan fingerprint density at radius 1 is 1.33 bits per heavy atom. The molecule has 5 nitrogen and oxygen atoms in total. The lowest BCUT2D eigenvalue weighted by Gasteiger charge is -2.44. The molecule has 2 rings (SSSR count). The van der Waals surface area contributed by atoms with E-state index in [1.807, 2.05) is 13.8 Å². The quantitative estimate of drug-likeness (QED) is 0.891. The average Bonchev–Trinajstić information content (AvgIpc) is 2.36. The second-order valence-electron chi connectivity index (χ2n) is 6.23. The van der Waals surface area contributed by atoms with Crippen molar-refractivity contribution >= 4 is 5.97 Å². The zero-order valence-electron chi connectivity index (χ0n) is 12.8. The maximum atomic E-state index is 12.0. The van der Waals surface area contributed by atoms with Gasteiger partial charge in [0.2, 0.25) is 0 Å². The minimum Gasteiger partial charge on any atom is -0.487 e. The first-order valence-electron chi connectivity index (χ1n) is 7.06. The Kier molecular flexibility index (Phi) is 4.00. The van der Waals surface area contributed by atoms with Crippen LogP contribution in [0.25, 0.3) is 0 Å². The number of aliphatic carboxylic acids is 1. The molecule has 0 aromatic heterocycles. The third-order valence-electron chi connectivity index (χ3n) is 3.79. The number of hydrogen-bond acceptors (Lipinski definition) is 4. The fraction of sp³-hybridized carbons (Fsp3) is 0.562. The summed E-state index contributed by atoms with van der Waals surface area (Å²) in [4.78, 5) is 12.0. The maximum Gasteiger partial charge on any atom is 0.340 e. The molecule has 0 aliphatic carbocycles. The van der Waals surface area contributed by atoms with E-state index in [9.17, 15) is 15.0 Å². The molecule has 5 heteroatoms. The summed E-state index contributed by atoms with van der Waals surface area (Å²) in [5, 5.41) is 19.5. The van der Waals surface area contributed by atoms with Gasteiger partial charge in [0.1, 0.15) is 11.4 Å². The second kappa shape index (κ2) is 5.31. The van der Waals surface area contributed by atoms with Gasteiger partial charge in [0.15, 0.2) is 5.60 Å². The lowest BCUT2D eigenvalue weighted by molar-refractivity contribution is -0.197. The minimum atomic E-state index is -1.52. The van der Waals surface area contributed by atoms with Gasteiger partial charge in [-0.25, -0.2) is 4.79 Å². The number of ether oxygens (including phenoxy) is 2. The van der Waals surface area contributed by atoms with Crippen molar-refractivity contribution in [2.24, 2.45) is 0 Å². The van der Waals surface area contributed by atoms with Gasteiger partial charge in [-0.2, -0.15) is 0 Å². The fourth-order valence-electron chi connectivity index (χ4n) is 2.68. The number of para-hydroxylation sites is 1. The van der Waals surface area contributed by atoms with Crippen LogP contribution in [0.4, 0.5) is 0 Å². The van der Waals surface area contributed by atoms with Gasteiger partial charge in [0, 0.05) is 12.0 Å². The molecule has 1 heterocycles. The molecule has 1 aliphatic heterocycles. The van der Waals surface area contributed by atoms with Gasteiger partial charge in [-0.3, -0.25) is 0 Å².